The van der Waals surface area contributed by atoms with Crippen LogP contribution in [-0.4, -0.2) is 20.1 Å². The predicted octanol–water partition coefficient (Wildman–Crippen LogP) is 6.48. The molecule has 1 aromatic heterocycles. The Morgan fingerprint density at radius 1 is 0.767 bits per heavy atom. The third-order valence-corrected chi connectivity index (χ3v) is 5.55. The molecule has 0 atom stereocenters. The molecular formula is C26H29N3O. The second-order valence-corrected chi connectivity index (χ2v) is 7.89. The molecule has 4 aromatic rings. The summed E-state index contributed by atoms with van der Waals surface area (Å²) in [6, 6.07) is 20.6. The van der Waals surface area contributed by atoms with Crippen molar-refractivity contribution in [1.29, 1.82) is 0 Å². The maximum atomic E-state index is 11.0. The van der Waals surface area contributed by atoms with Gasteiger partial charge in [-0.25, -0.2) is 0 Å². The van der Waals surface area contributed by atoms with Crippen molar-refractivity contribution >= 4 is 11.0 Å². The number of aromatic nitrogens is 3. The van der Waals surface area contributed by atoms with Gasteiger partial charge in [-0.2, -0.15) is 0 Å². The molecule has 4 rings (SSSR count). The van der Waals surface area contributed by atoms with Gasteiger partial charge in [0.15, 0.2) is 0 Å². The van der Waals surface area contributed by atoms with Gasteiger partial charge in [0.25, 0.3) is 0 Å². The van der Waals surface area contributed by atoms with E-state index in [4.69, 9.17) is 5.10 Å². The highest BCUT2D eigenvalue weighted by atomic mass is 16.3. The van der Waals surface area contributed by atoms with E-state index in [1.807, 2.05) is 30.3 Å². The third-order valence-electron chi connectivity index (χ3n) is 5.55. The third kappa shape index (κ3) is 4.23. The van der Waals surface area contributed by atoms with Crippen LogP contribution in [0.15, 0.2) is 60.7 Å². The van der Waals surface area contributed by atoms with Gasteiger partial charge in [0, 0.05) is 0 Å². The monoisotopic (exact) mass is 399 g/mol. The number of fused-ring (bicyclic) bond motifs is 1. The number of aryl methyl sites for hydroxylation is 2. The molecule has 1 heterocycles. The molecule has 4 heteroatoms. The molecule has 0 unspecified atom stereocenters. The lowest BCUT2D eigenvalue weighted by Gasteiger charge is -2.12. The Balaban J connectivity index is 1.76. The van der Waals surface area contributed by atoms with E-state index in [1.54, 1.807) is 4.80 Å². The normalized spacial score (nSPS) is 11.3. The molecule has 0 spiro atoms. The minimum absolute atomic E-state index is 0.298. The van der Waals surface area contributed by atoms with E-state index < -0.39 is 0 Å². The van der Waals surface area contributed by atoms with Crippen LogP contribution < -0.4 is 0 Å². The molecule has 0 radical (unpaired) electrons. The number of rotatable bonds is 8. The van der Waals surface area contributed by atoms with Crippen LogP contribution in [0.3, 0.4) is 0 Å². The molecule has 30 heavy (non-hydrogen) atoms. The summed E-state index contributed by atoms with van der Waals surface area (Å²) in [7, 11) is 0. The van der Waals surface area contributed by atoms with Crippen LogP contribution in [0.2, 0.25) is 0 Å². The predicted molar refractivity (Wildman–Crippen MR) is 123 cm³/mol. The van der Waals surface area contributed by atoms with E-state index in [2.05, 4.69) is 49.3 Å². The van der Waals surface area contributed by atoms with Crippen molar-refractivity contribution in [2.75, 3.05) is 0 Å². The van der Waals surface area contributed by atoms with Gasteiger partial charge < -0.3 is 5.11 Å². The molecule has 0 fully saturated rings. The zero-order valence-corrected chi connectivity index (χ0v) is 17.8. The summed E-state index contributed by atoms with van der Waals surface area (Å²) in [5.41, 5.74) is 6.81. The van der Waals surface area contributed by atoms with Gasteiger partial charge in [-0.1, -0.05) is 69.2 Å². The summed E-state index contributed by atoms with van der Waals surface area (Å²) in [5.74, 6) is 0.298. The Hall–Kier alpha value is -3.14. The first kappa shape index (κ1) is 20.1. The zero-order chi connectivity index (χ0) is 20.9. The lowest BCUT2D eigenvalue weighted by atomic mass is 10.00. The van der Waals surface area contributed by atoms with Crippen molar-refractivity contribution in [3.63, 3.8) is 0 Å². The number of unbranched alkanes of at least 4 members (excludes halogenated alkanes) is 2. The summed E-state index contributed by atoms with van der Waals surface area (Å²) in [4.78, 5) is 1.60. The van der Waals surface area contributed by atoms with Gasteiger partial charge in [-0.3, -0.25) is 0 Å². The largest absolute Gasteiger partial charge is 0.505 e. The number of nitrogens with zero attached hydrogens (tertiary/aromatic N) is 3. The first-order valence-electron chi connectivity index (χ1n) is 11.0. The molecule has 0 saturated carbocycles. The molecule has 0 aliphatic heterocycles. The fourth-order valence-electron chi connectivity index (χ4n) is 3.81. The average Bonchev–Trinajstić information content (AvgIpc) is 3.21. The molecule has 3 aromatic carbocycles. The molecule has 0 aliphatic carbocycles. The highest BCUT2D eigenvalue weighted by Crippen LogP contribution is 2.31. The van der Waals surface area contributed by atoms with Gasteiger partial charge >= 0.3 is 0 Å². The van der Waals surface area contributed by atoms with Crippen LogP contribution in [0.5, 0.6) is 5.75 Å². The lowest BCUT2D eigenvalue weighted by molar-refractivity contribution is 0.459. The smallest absolute Gasteiger partial charge is 0.146 e. The summed E-state index contributed by atoms with van der Waals surface area (Å²) in [6.07, 6.45) is 6.30. The second kappa shape index (κ2) is 9.12. The fraction of sp³-hybridized carbons (Fsp3) is 0.308. The van der Waals surface area contributed by atoms with E-state index in [9.17, 15) is 5.11 Å². The van der Waals surface area contributed by atoms with Crippen LogP contribution in [0.4, 0.5) is 0 Å². The van der Waals surface area contributed by atoms with Crippen molar-refractivity contribution < 1.29 is 5.11 Å². The molecule has 4 nitrogen and oxygen atoms in total. The van der Waals surface area contributed by atoms with E-state index >= 15 is 0 Å². The van der Waals surface area contributed by atoms with Gasteiger partial charge in [-0.05, 0) is 66.1 Å². The van der Waals surface area contributed by atoms with Crippen molar-refractivity contribution in [2.24, 2.45) is 0 Å². The maximum absolute atomic E-state index is 11.0. The number of phenols is 1. The summed E-state index contributed by atoms with van der Waals surface area (Å²) in [5, 5.41) is 20.4. The van der Waals surface area contributed by atoms with E-state index in [1.165, 1.54) is 5.56 Å². The number of phenolic OH excluding ortho intramolecular Hbond substituents is 1. The van der Waals surface area contributed by atoms with Gasteiger partial charge in [0.1, 0.15) is 22.5 Å². The van der Waals surface area contributed by atoms with Crippen LogP contribution in [-0.2, 0) is 12.8 Å². The molecular weight excluding hydrogens is 370 g/mol. The van der Waals surface area contributed by atoms with E-state index in [-0.39, 0.29) is 0 Å². The molecule has 0 amide bonds. The summed E-state index contributed by atoms with van der Waals surface area (Å²) < 4.78 is 0. The summed E-state index contributed by atoms with van der Waals surface area (Å²) >= 11 is 0. The zero-order valence-electron chi connectivity index (χ0n) is 17.8. The van der Waals surface area contributed by atoms with Crippen molar-refractivity contribution in [3.8, 4) is 22.6 Å². The fourth-order valence-corrected chi connectivity index (χ4v) is 3.81. The van der Waals surface area contributed by atoms with E-state index in [0.717, 1.165) is 66.2 Å². The highest BCUT2D eigenvalue weighted by molar-refractivity contribution is 5.81. The Morgan fingerprint density at radius 2 is 1.50 bits per heavy atom. The molecule has 1 N–H and O–H groups in total. The van der Waals surface area contributed by atoms with E-state index in [0.29, 0.717) is 11.4 Å². The van der Waals surface area contributed by atoms with Crippen LogP contribution in [0, 0.1) is 0 Å². The van der Waals surface area contributed by atoms with Gasteiger partial charge in [-0.15, -0.1) is 15.0 Å². The Bertz CT molecular complexity index is 1130. The first-order valence-corrected chi connectivity index (χ1v) is 11.0. The highest BCUT2D eigenvalue weighted by Gasteiger charge is 2.15. The number of aromatic hydroxyl groups is 1. The van der Waals surface area contributed by atoms with Gasteiger partial charge in [0.2, 0.25) is 0 Å². The minimum Gasteiger partial charge on any atom is -0.505 e. The van der Waals surface area contributed by atoms with Crippen molar-refractivity contribution in [2.45, 2.75) is 52.4 Å². The van der Waals surface area contributed by atoms with Crippen LogP contribution in [0.1, 0.15) is 50.7 Å². The maximum Gasteiger partial charge on any atom is 0.146 e. The van der Waals surface area contributed by atoms with Crippen molar-refractivity contribution in [1.82, 2.24) is 15.0 Å². The number of hydrogen-bond acceptors (Lipinski definition) is 3. The number of benzene rings is 3. The van der Waals surface area contributed by atoms with Crippen LogP contribution >= 0.6 is 0 Å². The SMILES string of the molecule is CCCCc1cc(CCCC)c(O)c(-n2nc3ccc(-c4ccccc4)cc3n2)c1. The topological polar surface area (TPSA) is 50.9 Å². The Kier molecular flexibility index (Phi) is 6.12. The van der Waals surface area contributed by atoms with Crippen molar-refractivity contribution in [3.05, 3.63) is 71.8 Å². The molecule has 0 bridgehead atoms. The lowest BCUT2D eigenvalue weighted by Crippen LogP contribution is -2.03. The Labute approximate surface area is 178 Å². The summed E-state index contributed by atoms with van der Waals surface area (Å²) in [6.45, 7) is 4.37. The molecule has 0 aliphatic rings. The molecule has 154 valence electrons. The number of hydrogen-bond donors (Lipinski definition) is 1. The minimum atomic E-state index is 0.298. The van der Waals surface area contributed by atoms with Gasteiger partial charge in [0.05, 0.1) is 0 Å². The van der Waals surface area contributed by atoms with Crippen LogP contribution in [0.25, 0.3) is 27.8 Å². The Morgan fingerprint density at radius 3 is 2.27 bits per heavy atom. The standard InChI is InChI=1S/C26H29N3O/c1-3-5-10-19-16-22(11-6-4-2)26(30)25(17-19)29-27-23-15-14-21(18-24(23)28-29)20-12-8-7-9-13-20/h7-9,12-18,30H,3-6,10-11H2,1-2H3. The average molecular weight is 400 g/mol. The molecule has 0 saturated heterocycles. The first-order chi connectivity index (χ1) is 14.7. The second-order valence-electron chi connectivity index (χ2n) is 7.89. The quantitative estimate of drug-likeness (QED) is 0.369.